The Morgan fingerprint density at radius 3 is 1.19 bits per heavy atom. The van der Waals surface area contributed by atoms with Gasteiger partial charge in [-0.2, -0.15) is 0 Å². The van der Waals surface area contributed by atoms with E-state index in [1.54, 1.807) is 0 Å². The highest BCUT2D eigenvalue weighted by molar-refractivity contribution is 5.69. The van der Waals surface area contributed by atoms with E-state index < -0.39 is 61.0 Å². The number of cyclic esters (lactones) is 1. The number of aliphatic hydroxyl groups excluding tert-OH is 9. The minimum Gasteiger partial charge on any atom is -0.462 e. The van der Waals surface area contributed by atoms with Gasteiger partial charge in [-0.05, 0) is 153 Å². The zero-order chi connectivity index (χ0) is 39.6. The Kier molecular flexibility index (Phi) is 28.6. The van der Waals surface area contributed by atoms with Crippen molar-refractivity contribution in [1.29, 1.82) is 0 Å². The van der Waals surface area contributed by atoms with Crippen molar-refractivity contribution < 1.29 is 55.5 Å². The van der Waals surface area contributed by atoms with Gasteiger partial charge in [-0.1, -0.05) is 33.6 Å². The van der Waals surface area contributed by atoms with Gasteiger partial charge in [0.15, 0.2) is 0 Å². The molecule has 1 aliphatic rings. The second-order valence-corrected chi connectivity index (χ2v) is 16.9. The number of ether oxygens (including phenoxy) is 1. The molecule has 53 heavy (non-hydrogen) atoms. The first-order valence-electron chi connectivity index (χ1n) is 21.5. The van der Waals surface area contributed by atoms with Crippen molar-refractivity contribution in [3.8, 4) is 0 Å². The summed E-state index contributed by atoms with van der Waals surface area (Å²) in [6.07, 6.45) is 8.12. The van der Waals surface area contributed by atoms with Crippen molar-refractivity contribution in [3.05, 3.63) is 0 Å². The van der Waals surface area contributed by atoms with Crippen molar-refractivity contribution in [2.45, 2.75) is 249 Å². The minimum absolute atomic E-state index is 0.0689. The molecule has 11 heteroatoms. The van der Waals surface area contributed by atoms with E-state index in [-0.39, 0.29) is 37.1 Å². The molecule has 316 valence electrons. The molecule has 0 bridgehead atoms. The smallest absolute Gasteiger partial charge is 0.306 e. The van der Waals surface area contributed by atoms with Crippen LogP contribution in [0.5, 0.6) is 0 Å². The highest BCUT2D eigenvalue weighted by atomic mass is 16.5. The Balaban J connectivity index is 2.75. The van der Waals surface area contributed by atoms with Crippen molar-refractivity contribution in [2.24, 2.45) is 11.8 Å². The summed E-state index contributed by atoms with van der Waals surface area (Å²) in [6, 6.07) is 0. The summed E-state index contributed by atoms with van der Waals surface area (Å²) in [7, 11) is 0. The van der Waals surface area contributed by atoms with Crippen LogP contribution in [0.1, 0.15) is 188 Å². The van der Waals surface area contributed by atoms with Crippen LogP contribution in [0.2, 0.25) is 0 Å². The molecule has 1 aliphatic heterocycles. The highest BCUT2D eigenvalue weighted by Crippen LogP contribution is 2.25. The van der Waals surface area contributed by atoms with E-state index in [0.717, 1.165) is 19.3 Å². The summed E-state index contributed by atoms with van der Waals surface area (Å²) < 4.78 is 5.94. The molecule has 1 fully saturated rings. The zero-order valence-electron chi connectivity index (χ0n) is 33.7. The fourth-order valence-corrected chi connectivity index (χ4v) is 7.73. The fourth-order valence-electron chi connectivity index (χ4n) is 7.73. The molecule has 9 N–H and O–H groups in total. The first-order valence-corrected chi connectivity index (χ1v) is 21.5. The quantitative estimate of drug-likeness (QED) is 0.161. The van der Waals surface area contributed by atoms with Gasteiger partial charge in [0, 0.05) is 12.8 Å². The lowest BCUT2D eigenvalue weighted by atomic mass is 9.91. The normalized spacial score (nSPS) is 36.2. The average Bonchev–Trinajstić information content (AvgIpc) is 3.06. The van der Waals surface area contributed by atoms with Gasteiger partial charge in [0.25, 0.3) is 0 Å². The maximum absolute atomic E-state index is 13.0. The molecule has 12 unspecified atom stereocenters. The first-order chi connectivity index (χ1) is 25.2. The number of carbonyl (C=O) groups is 1. The van der Waals surface area contributed by atoms with Crippen LogP contribution in [-0.2, 0) is 9.53 Å². The van der Waals surface area contributed by atoms with Crippen LogP contribution in [0.15, 0.2) is 0 Å². The standard InChI is InChI=1S/C42H82O11/c1-4-5-12-31(3)41-29-39(50)24-11-23-38(49)28-40(51)27-37(48)22-10-20-35(46)18-8-16-33(44)14-6-13-32(43)15-7-17-34(45)19-9-21-36(47)25-30(2)26-42(52)53-41/h30-41,43-51H,4-29H2,1-3H3. The van der Waals surface area contributed by atoms with Crippen molar-refractivity contribution in [1.82, 2.24) is 0 Å². The van der Waals surface area contributed by atoms with E-state index in [1.165, 1.54) is 0 Å². The van der Waals surface area contributed by atoms with Crippen molar-refractivity contribution in [2.75, 3.05) is 0 Å². The van der Waals surface area contributed by atoms with E-state index in [4.69, 9.17) is 4.74 Å². The Morgan fingerprint density at radius 1 is 0.509 bits per heavy atom. The van der Waals surface area contributed by atoms with E-state index in [0.29, 0.717) is 128 Å². The van der Waals surface area contributed by atoms with Crippen LogP contribution in [-0.4, -0.2) is 113 Å². The third-order valence-electron chi connectivity index (χ3n) is 11.2. The number of unbranched alkanes of at least 4 members (excludes halogenated alkanes) is 1. The van der Waals surface area contributed by atoms with Crippen LogP contribution < -0.4 is 0 Å². The maximum atomic E-state index is 13.0. The Labute approximate surface area is 321 Å². The van der Waals surface area contributed by atoms with Crippen molar-refractivity contribution in [3.63, 3.8) is 0 Å². The molecule has 0 saturated carbocycles. The summed E-state index contributed by atoms with van der Waals surface area (Å²) in [5.74, 6) is -0.367. The Bertz CT molecular complexity index is 878. The molecule has 0 amide bonds. The third-order valence-corrected chi connectivity index (χ3v) is 11.2. The lowest BCUT2D eigenvalue weighted by Gasteiger charge is -2.27. The Morgan fingerprint density at radius 2 is 0.830 bits per heavy atom. The molecule has 11 nitrogen and oxygen atoms in total. The predicted octanol–water partition coefficient (Wildman–Crippen LogP) is 5.59. The van der Waals surface area contributed by atoms with Gasteiger partial charge >= 0.3 is 5.97 Å². The number of hydrogen-bond donors (Lipinski definition) is 9. The van der Waals surface area contributed by atoms with Crippen LogP contribution in [0, 0.1) is 11.8 Å². The largest absolute Gasteiger partial charge is 0.462 e. The van der Waals surface area contributed by atoms with Gasteiger partial charge in [-0.3, -0.25) is 4.79 Å². The molecule has 1 heterocycles. The van der Waals surface area contributed by atoms with E-state index >= 15 is 0 Å². The molecule has 0 spiro atoms. The number of hydrogen-bond acceptors (Lipinski definition) is 11. The monoisotopic (exact) mass is 763 g/mol. The van der Waals surface area contributed by atoms with Gasteiger partial charge in [-0.25, -0.2) is 0 Å². The molecule has 1 rings (SSSR count). The summed E-state index contributed by atoms with van der Waals surface area (Å²) in [5, 5.41) is 94.4. The lowest BCUT2D eigenvalue weighted by Crippen LogP contribution is -2.30. The zero-order valence-corrected chi connectivity index (χ0v) is 33.7. The second kappa shape index (κ2) is 30.3. The molecule has 0 aromatic heterocycles. The molecule has 0 aliphatic carbocycles. The number of aliphatic hydroxyl groups is 9. The molecule has 0 aromatic carbocycles. The average molecular weight is 763 g/mol. The number of esters is 1. The summed E-state index contributed by atoms with van der Waals surface area (Å²) in [5.41, 5.74) is 0. The maximum Gasteiger partial charge on any atom is 0.306 e. The summed E-state index contributed by atoms with van der Waals surface area (Å²) in [6.45, 7) is 6.06. The van der Waals surface area contributed by atoms with Crippen molar-refractivity contribution >= 4 is 5.97 Å². The molecular weight excluding hydrogens is 680 g/mol. The highest BCUT2D eigenvalue weighted by Gasteiger charge is 2.26. The summed E-state index contributed by atoms with van der Waals surface area (Å²) >= 11 is 0. The van der Waals surface area contributed by atoms with Gasteiger partial charge in [0.05, 0.1) is 54.9 Å². The minimum atomic E-state index is -0.867. The molecule has 0 aromatic rings. The van der Waals surface area contributed by atoms with Crippen LogP contribution in [0.3, 0.4) is 0 Å². The Hall–Kier alpha value is -0.890. The van der Waals surface area contributed by atoms with Crippen LogP contribution >= 0.6 is 0 Å². The van der Waals surface area contributed by atoms with Crippen LogP contribution in [0.25, 0.3) is 0 Å². The molecular formula is C42H82O11. The lowest BCUT2D eigenvalue weighted by molar-refractivity contribution is -0.154. The van der Waals surface area contributed by atoms with Gasteiger partial charge < -0.3 is 50.7 Å². The van der Waals surface area contributed by atoms with Gasteiger partial charge in [0.2, 0.25) is 0 Å². The second-order valence-electron chi connectivity index (χ2n) is 16.9. The number of rotatable bonds is 4. The summed E-state index contributed by atoms with van der Waals surface area (Å²) in [4.78, 5) is 13.0. The molecule has 1 saturated heterocycles. The first kappa shape index (κ1) is 50.1. The van der Waals surface area contributed by atoms with E-state index in [9.17, 15) is 50.8 Å². The molecule has 12 atom stereocenters. The van der Waals surface area contributed by atoms with E-state index in [2.05, 4.69) is 6.92 Å². The van der Waals surface area contributed by atoms with Gasteiger partial charge in [0.1, 0.15) is 6.10 Å². The van der Waals surface area contributed by atoms with Crippen LogP contribution in [0.4, 0.5) is 0 Å². The topological polar surface area (TPSA) is 208 Å². The SMILES string of the molecule is CCCCC(C)C1CC(O)CCCC(O)CC(O)CC(O)CCCC(O)CCCC(O)CCCC(O)CCCC(O)CCCC(O)CC(C)CC(=O)O1. The fraction of sp³-hybridized carbons (Fsp3) is 0.976. The van der Waals surface area contributed by atoms with Gasteiger partial charge in [-0.15, -0.1) is 0 Å². The number of carbonyl (C=O) groups excluding carboxylic acids is 1. The molecule has 0 radical (unpaired) electrons. The third kappa shape index (κ3) is 27.4. The van der Waals surface area contributed by atoms with E-state index in [1.807, 2.05) is 13.8 Å². The predicted molar refractivity (Wildman–Crippen MR) is 208 cm³/mol.